The van der Waals surface area contributed by atoms with Gasteiger partial charge in [-0.2, -0.15) is 5.26 Å². The number of rotatable bonds is 6. The lowest BCUT2D eigenvalue weighted by Gasteiger charge is -2.35. The normalized spacial score (nSPS) is 13.4. The van der Waals surface area contributed by atoms with Gasteiger partial charge in [-0.05, 0) is 87.8 Å². The first-order valence-electron chi connectivity index (χ1n) is 13.6. The fraction of sp³-hybridized carbons (Fsp3) is 0.469. The van der Waals surface area contributed by atoms with Crippen molar-refractivity contribution in [1.82, 2.24) is 9.80 Å². The van der Waals surface area contributed by atoms with Gasteiger partial charge in [0.15, 0.2) is 0 Å². The molecule has 2 aromatic carbocycles. The first kappa shape index (κ1) is 31.4. The molecule has 210 valence electrons. The highest BCUT2D eigenvalue weighted by atomic mass is 16.6. The molecule has 1 heterocycles. The van der Waals surface area contributed by atoms with Gasteiger partial charge >= 0.3 is 6.09 Å². The van der Waals surface area contributed by atoms with E-state index in [1.54, 1.807) is 11.9 Å². The van der Waals surface area contributed by atoms with Gasteiger partial charge in [-0.25, -0.2) is 4.79 Å². The van der Waals surface area contributed by atoms with Gasteiger partial charge in [0.25, 0.3) is 0 Å². The number of hydrogen-bond acceptors (Lipinski definition) is 5. The minimum Gasteiger partial charge on any atom is -0.444 e. The van der Waals surface area contributed by atoms with E-state index < -0.39 is 0 Å². The summed E-state index contributed by atoms with van der Waals surface area (Å²) in [6, 6.07) is 16.2. The highest BCUT2D eigenvalue weighted by Gasteiger charge is 2.22. The second kappa shape index (κ2) is 14.4. The van der Waals surface area contributed by atoms with Crippen LogP contribution in [0.1, 0.15) is 82.1 Å². The average Bonchev–Trinajstić information content (AvgIpc) is 2.89. The predicted octanol–water partition coefficient (Wildman–Crippen LogP) is 6.94. The number of nitrogens with zero attached hydrogens (tertiary/aromatic N) is 3. The quantitative estimate of drug-likeness (QED) is 0.436. The number of amides is 2. The van der Waals surface area contributed by atoms with Gasteiger partial charge in [0.1, 0.15) is 5.60 Å². The molecule has 3 rings (SSSR count). The lowest BCUT2D eigenvalue weighted by Crippen LogP contribution is -2.34. The van der Waals surface area contributed by atoms with Crippen LogP contribution in [-0.4, -0.2) is 54.1 Å². The van der Waals surface area contributed by atoms with E-state index in [0.29, 0.717) is 11.5 Å². The van der Waals surface area contributed by atoms with E-state index in [1.807, 2.05) is 58.9 Å². The Labute approximate surface area is 234 Å². The lowest BCUT2D eigenvalue weighted by molar-refractivity contribution is -0.114. The smallest absolute Gasteiger partial charge is 0.410 e. The third kappa shape index (κ3) is 10.1. The van der Waals surface area contributed by atoms with E-state index in [2.05, 4.69) is 41.1 Å². The number of piperidine rings is 1. The molecular weight excluding hydrogens is 488 g/mol. The number of hydrogen-bond donors (Lipinski definition) is 1. The van der Waals surface area contributed by atoms with Crippen LogP contribution in [-0.2, 0) is 9.53 Å². The van der Waals surface area contributed by atoms with E-state index in [-0.39, 0.29) is 17.6 Å². The Morgan fingerprint density at radius 2 is 1.77 bits per heavy atom. The van der Waals surface area contributed by atoms with E-state index in [9.17, 15) is 9.59 Å². The van der Waals surface area contributed by atoms with Crippen LogP contribution in [0, 0.1) is 18.3 Å². The molecule has 2 amide bonds. The van der Waals surface area contributed by atoms with Crippen molar-refractivity contribution in [3.8, 4) is 6.07 Å². The zero-order valence-electron chi connectivity index (χ0n) is 24.6. The van der Waals surface area contributed by atoms with Gasteiger partial charge in [0.05, 0.1) is 11.6 Å². The Hall–Kier alpha value is -3.79. The molecule has 0 spiro atoms. The Balaban J connectivity index is 0.000000377. The summed E-state index contributed by atoms with van der Waals surface area (Å²) in [7, 11) is 1.75. The maximum atomic E-state index is 11.4. The summed E-state index contributed by atoms with van der Waals surface area (Å²) in [5.41, 5.74) is 5.55. The summed E-state index contributed by atoms with van der Waals surface area (Å²) in [5.74, 6) is 0.457. The first-order chi connectivity index (χ1) is 18.3. The lowest BCUT2D eigenvalue weighted by atomic mass is 9.88. The Morgan fingerprint density at radius 1 is 1.15 bits per heavy atom. The fourth-order valence-corrected chi connectivity index (χ4v) is 4.39. The summed E-state index contributed by atoms with van der Waals surface area (Å²) >= 11 is 0. The number of aryl methyl sites for hydroxylation is 1. The number of ether oxygens (including phenoxy) is 1. The van der Waals surface area contributed by atoms with Crippen molar-refractivity contribution in [3.63, 3.8) is 0 Å². The maximum absolute atomic E-state index is 11.4. The van der Waals surface area contributed by atoms with Crippen LogP contribution in [0.25, 0.3) is 5.70 Å². The molecule has 0 atom stereocenters. The summed E-state index contributed by atoms with van der Waals surface area (Å²) in [6.45, 7) is 18.1. The van der Waals surface area contributed by atoms with Crippen LogP contribution in [0.5, 0.6) is 0 Å². The number of carbonyl (C=O) groups excluding carboxylic acids is 2. The predicted molar refractivity (Wildman–Crippen MR) is 158 cm³/mol. The standard InChI is InChI=1S/C23H25N3O.C9H19NO2/c1-16-4-7-22(14-23(16)25-18(3)27)17(2)26-12-10-21(11-13-26)20-8-5-19(15-24)6-9-20;1-6-7-10(5)8(11)12-9(2,3)4/h4-9,14,21H,2,10-13H2,1,3H3,(H,25,27);6-7H2,1-5H3. The second-order valence-corrected chi connectivity index (χ2v) is 11.1. The minimum absolute atomic E-state index is 0.0657. The Bertz CT molecular complexity index is 1170. The van der Waals surface area contributed by atoms with Crippen LogP contribution >= 0.6 is 0 Å². The maximum Gasteiger partial charge on any atom is 0.410 e. The molecule has 39 heavy (non-hydrogen) atoms. The Morgan fingerprint density at radius 3 is 2.28 bits per heavy atom. The summed E-state index contributed by atoms with van der Waals surface area (Å²) in [5, 5.41) is 11.8. The van der Waals surface area contributed by atoms with Crippen molar-refractivity contribution in [1.29, 1.82) is 5.26 Å². The van der Waals surface area contributed by atoms with Crippen LogP contribution < -0.4 is 5.32 Å². The molecule has 7 heteroatoms. The van der Waals surface area contributed by atoms with E-state index in [0.717, 1.165) is 61.4 Å². The van der Waals surface area contributed by atoms with Gasteiger partial charge in [0, 0.05) is 45.0 Å². The van der Waals surface area contributed by atoms with Crippen LogP contribution in [0.4, 0.5) is 10.5 Å². The van der Waals surface area contributed by atoms with Crippen LogP contribution in [0.3, 0.4) is 0 Å². The zero-order chi connectivity index (χ0) is 29.2. The van der Waals surface area contributed by atoms with E-state index >= 15 is 0 Å². The number of nitriles is 1. The monoisotopic (exact) mass is 532 g/mol. The minimum atomic E-state index is -0.390. The summed E-state index contributed by atoms with van der Waals surface area (Å²) < 4.78 is 5.14. The van der Waals surface area contributed by atoms with Crippen molar-refractivity contribution in [2.24, 2.45) is 0 Å². The van der Waals surface area contributed by atoms with Gasteiger partial charge in [0.2, 0.25) is 5.91 Å². The molecule has 0 aliphatic carbocycles. The van der Waals surface area contributed by atoms with Crippen molar-refractivity contribution < 1.29 is 14.3 Å². The largest absolute Gasteiger partial charge is 0.444 e. The second-order valence-electron chi connectivity index (χ2n) is 11.1. The molecule has 1 fully saturated rings. The molecular formula is C32H44N4O3. The number of anilines is 1. The van der Waals surface area contributed by atoms with Gasteiger partial charge in [-0.15, -0.1) is 0 Å². The molecule has 1 N–H and O–H groups in total. The number of likely N-dealkylation sites (tertiary alicyclic amines) is 1. The molecule has 7 nitrogen and oxygen atoms in total. The van der Waals surface area contributed by atoms with Crippen molar-refractivity contribution >= 4 is 23.4 Å². The Kier molecular flexibility index (Phi) is 11.6. The van der Waals surface area contributed by atoms with Gasteiger partial charge < -0.3 is 19.9 Å². The highest BCUT2D eigenvalue weighted by Crippen LogP contribution is 2.32. The van der Waals surface area contributed by atoms with Crippen LogP contribution in [0.15, 0.2) is 49.0 Å². The molecule has 0 aromatic heterocycles. The molecule has 0 unspecified atom stereocenters. The van der Waals surface area contributed by atoms with Gasteiger partial charge in [-0.3, -0.25) is 4.79 Å². The number of carbonyl (C=O) groups is 2. The molecule has 1 aliphatic rings. The third-order valence-electron chi connectivity index (χ3n) is 6.53. The molecule has 0 radical (unpaired) electrons. The average molecular weight is 533 g/mol. The molecule has 1 aliphatic heterocycles. The van der Waals surface area contributed by atoms with Crippen molar-refractivity contribution in [3.05, 3.63) is 71.3 Å². The van der Waals surface area contributed by atoms with Crippen molar-refractivity contribution in [2.75, 3.05) is 32.0 Å². The molecule has 0 bridgehead atoms. The van der Waals surface area contributed by atoms with Gasteiger partial charge in [-0.1, -0.05) is 37.8 Å². The summed E-state index contributed by atoms with van der Waals surface area (Å²) in [6.07, 6.45) is 2.84. The van der Waals surface area contributed by atoms with Crippen molar-refractivity contribution in [2.45, 2.75) is 72.3 Å². The zero-order valence-corrected chi connectivity index (χ0v) is 24.6. The fourth-order valence-electron chi connectivity index (χ4n) is 4.39. The molecule has 0 saturated carbocycles. The number of benzene rings is 2. The molecule has 1 saturated heterocycles. The van der Waals surface area contributed by atoms with Crippen LogP contribution in [0.2, 0.25) is 0 Å². The molecule has 2 aromatic rings. The highest BCUT2D eigenvalue weighted by molar-refractivity contribution is 5.90. The summed E-state index contributed by atoms with van der Waals surface area (Å²) in [4.78, 5) is 26.6. The SMILES string of the molecule is C=C(c1ccc(C)c(NC(C)=O)c1)N1CCC(c2ccc(C#N)cc2)CC1.CCCN(C)C(=O)OC(C)(C)C. The van der Waals surface area contributed by atoms with E-state index in [4.69, 9.17) is 10.00 Å². The topological polar surface area (TPSA) is 85.7 Å². The number of nitrogens with one attached hydrogen (secondary N) is 1. The van der Waals surface area contributed by atoms with E-state index in [1.165, 1.54) is 12.5 Å². The first-order valence-corrected chi connectivity index (χ1v) is 13.6. The third-order valence-corrected chi connectivity index (χ3v) is 6.53.